The summed E-state index contributed by atoms with van der Waals surface area (Å²) in [5.74, 6) is 0.214. The van der Waals surface area contributed by atoms with Gasteiger partial charge in [0.2, 0.25) is 0 Å². The van der Waals surface area contributed by atoms with Crippen LogP contribution in [0.3, 0.4) is 0 Å². The molecule has 0 aromatic carbocycles. The molecule has 0 aliphatic heterocycles. The van der Waals surface area contributed by atoms with E-state index in [0.717, 1.165) is 6.42 Å². The number of hydrogen-bond acceptors (Lipinski definition) is 0. The summed E-state index contributed by atoms with van der Waals surface area (Å²) in [5, 5.41) is 0. The second kappa shape index (κ2) is 2.42. The van der Waals surface area contributed by atoms with Gasteiger partial charge in [-0.15, -0.1) is 0 Å². The quantitative estimate of drug-likeness (QED) is 0.535. The van der Waals surface area contributed by atoms with Gasteiger partial charge in [0.25, 0.3) is 0 Å². The summed E-state index contributed by atoms with van der Waals surface area (Å²) in [7, 11) is 0. The van der Waals surface area contributed by atoms with Crippen LogP contribution in [-0.2, 0) is 0 Å². The first-order chi connectivity index (χ1) is 3.84. The molecule has 0 nitrogen and oxygen atoms in total. The Bertz CT molecular complexity index is 72.9. The molecule has 0 N–H and O–H groups in total. The van der Waals surface area contributed by atoms with Crippen molar-refractivity contribution in [3.63, 3.8) is 0 Å². The predicted molar refractivity (Wildman–Crippen MR) is 28.2 cm³/mol. The Morgan fingerprint density at radius 2 is 2.12 bits per heavy atom. The fourth-order valence-electron chi connectivity index (χ4n) is 0.849. The van der Waals surface area contributed by atoms with Crippen molar-refractivity contribution in [1.29, 1.82) is 0 Å². The maximum Gasteiger partial charge on any atom is 0.103 e. The third kappa shape index (κ3) is 1.42. The van der Waals surface area contributed by atoms with Crippen molar-refractivity contribution >= 4 is 0 Å². The highest BCUT2D eigenvalue weighted by atomic mass is 19.1. The topological polar surface area (TPSA) is 0 Å². The Kier molecular flexibility index (Phi) is 1.81. The zero-order chi connectivity index (χ0) is 5.98. The Morgan fingerprint density at radius 1 is 1.50 bits per heavy atom. The monoisotopic (exact) mass is 120 g/mol. The molecule has 1 aliphatic carbocycles. The molecule has 1 fully saturated rings. The normalized spacial score (nSPS) is 35.2. The van der Waals surface area contributed by atoms with E-state index >= 15 is 0 Å². The fourth-order valence-corrected chi connectivity index (χ4v) is 0.849. The van der Waals surface area contributed by atoms with Crippen molar-refractivity contribution in [2.75, 3.05) is 6.67 Å². The lowest BCUT2D eigenvalue weighted by atomic mass is 10.2. The zero-order valence-corrected chi connectivity index (χ0v) is 4.74. The van der Waals surface area contributed by atoms with Gasteiger partial charge in [-0.2, -0.15) is 0 Å². The van der Waals surface area contributed by atoms with Gasteiger partial charge in [0.1, 0.15) is 6.17 Å². The van der Waals surface area contributed by atoms with Crippen LogP contribution in [0.1, 0.15) is 19.3 Å². The molecule has 2 atom stereocenters. The Morgan fingerprint density at radius 3 is 2.50 bits per heavy atom. The molecule has 0 saturated heterocycles. The van der Waals surface area contributed by atoms with Gasteiger partial charge in [-0.1, -0.05) is 0 Å². The molecule has 48 valence electrons. The third-order valence-electron chi connectivity index (χ3n) is 1.54. The molecule has 1 saturated carbocycles. The van der Waals surface area contributed by atoms with Gasteiger partial charge in [0.05, 0.1) is 6.67 Å². The molecule has 2 heteroatoms. The van der Waals surface area contributed by atoms with Crippen molar-refractivity contribution in [2.24, 2.45) is 5.92 Å². The lowest BCUT2D eigenvalue weighted by molar-refractivity contribution is 0.407. The van der Waals surface area contributed by atoms with E-state index in [9.17, 15) is 8.78 Å². The smallest absolute Gasteiger partial charge is 0.103 e. The van der Waals surface area contributed by atoms with E-state index in [2.05, 4.69) is 0 Å². The van der Waals surface area contributed by atoms with Gasteiger partial charge in [-0.05, 0) is 25.2 Å². The van der Waals surface area contributed by atoms with E-state index in [1.807, 2.05) is 0 Å². The van der Waals surface area contributed by atoms with Crippen LogP contribution in [0.4, 0.5) is 8.78 Å². The van der Waals surface area contributed by atoms with Gasteiger partial charge in [0, 0.05) is 0 Å². The highest BCUT2D eigenvalue weighted by Crippen LogP contribution is 2.37. The van der Waals surface area contributed by atoms with Gasteiger partial charge >= 0.3 is 0 Å². The summed E-state index contributed by atoms with van der Waals surface area (Å²) >= 11 is 0. The SMILES string of the molecule is FCCCC1CC1F. The first-order valence-electron chi connectivity index (χ1n) is 3.04. The maximum absolute atomic E-state index is 12.0. The first kappa shape index (κ1) is 5.99. The average Bonchev–Trinajstić information content (AvgIpc) is 2.42. The van der Waals surface area contributed by atoms with Crippen molar-refractivity contribution in [3.8, 4) is 0 Å². The summed E-state index contributed by atoms with van der Waals surface area (Å²) in [6, 6.07) is 0. The molecule has 2 unspecified atom stereocenters. The second-order valence-electron chi connectivity index (χ2n) is 2.34. The number of hydrogen-bond donors (Lipinski definition) is 0. The fraction of sp³-hybridized carbons (Fsp3) is 1.00. The molecule has 0 aromatic heterocycles. The summed E-state index contributed by atoms with van der Waals surface area (Å²) in [4.78, 5) is 0. The van der Waals surface area contributed by atoms with E-state index in [1.165, 1.54) is 0 Å². The van der Waals surface area contributed by atoms with Gasteiger partial charge in [-0.25, -0.2) is 4.39 Å². The van der Waals surface area contributed by atoms with Gasteiger partial charge in [0.15, 0.2) is 0 Å². The molecule has 8 heavy (non-hydrogen) atoms. The molecule has 0 bridgehead atoms. The van der Waals surface area contributed by atoms with Gasteiger partial charge < -0.3 is 0 Å². The predicted octanol–water partition coefficient (Wildman–Crippen LogP) is 2.09. The summed E-state index contributed by atoms with van der Waals surface area (Å²) in [6.07, 6.45) is 1.38. The molecule has 1 rings (SSSR count). The van der Waals surface area contributed by atoms with Crippen LogP contribution in [0.5, 0.6) is 0 Å². The van der Waals surface area contributed by atoms with Gasteiger partial charge in [-0.3, -0.25) is 4.39 Å². The van der Waals surface area contributed by atoms with E-state index in [4.69, 9.17) is 0 Å². The number of alkyl halides is 2. The van der Waals surface area contributed by atoms with Crippen molar-refractivity contribution in [1.82, 2.24) is 0 Å². The molecular weight excluding hydrogens is 110 g/mol. The Hall–Kier alpha value is -0.140. The largest absolute Gasteiger partial charge is 0.251 e. The molecule has 1 aliphatic rings. The van der Waals surface area contributed by atoms with Crippen molar-refractivity contribution in [2.45, 2.75) is 25.4 Å². The summed E-state index contributed by atoms with van der Waals surface area (Å²) in [5.41, 5.74) is 0. The van der Waals surface area contributed by atoms with Crippen LogP contribution in [0.15, 0.2) is 0 Å². The summed E-state index contributed by atoms with van der Waals surface area (Å²) < 4.78 is 23.4. The molecule has 0 aromatic rings. The van der Waals surface area contributed by atoms with Crippen LogP contribution in [0, 0.1) is 5.92 Å². The average molecular weight is 120 g/mol. The van der Waals surface area contributed by atoms with Crippen LogP contribution in [0.25, 0.3) is 0 Å². The highest BCUT2D eigenvalue weighted by Gasteiger charge is 2.36. The Labute approximate surface area is 47.9 Å². The van der Waals surface area contributed by atoms with Crippen molar-refractivity contribution in [3.05, 3.63) is 0 Å². The van der Waals surface area contributed by atoms with Crippen LogP contribution in [0.2, 0.25) is 0 Å². The van der Waals surface area contributed by atoms with E-state index in [1.54, 1.807) is 0 Å². The summed E-state index contributed by atoms with van der Waals surface area (Å²) in [6.45, 7) is -0.288. The number of rotatable bonds is 3. The minimum absolute atomic E-state index is 0.214. The zero-order valence-electron chi connectivity index (χ0n) is 4.74. The number of halogens is 2. The van der Waals surface area contributed by atoms with Crippen LogP contribution in [-0.4, -0.2) is 12.8 Å². The van der Waals surface area contributed by atoms with Crippen LogP contribution >= 0.6 is 0 Å². The molecule has 0 heterocycles. The molecule has 0 amide bonds. The third-order valence-corrected chi connectivity index (χ3v) is 1.54. The molecule has 0 radical (unpaired) electrons. The first-order valence-corrected chi connectivity index (χ1v) is 3.04. The second-order valence-corrected chi connectivity index (χ2v) is 2.34. The molecule has 0 spiro atoms. The van der Waals surface area contributed by atoms with Crippen LogP contribution < -0.4 is 0 Å². The van der Waals surface area contributed by atoms with Crippen molar-refractivity contribution < 1.29 is 8.78 Å². The Balaban J connectivity index is 1.89. The standard InChI is InChI=1S/C6H10F2/c7-3-1-2-5-4-6(5)8/h5-6H,1-4H2. The lowest BCUT2D eigenvalue weighted by Gasteiger charge is -1.88. The minimum atomic E-state index is -0.596. The van der Waals surface area contributed by atoms with E-state index in [0.29, 0.717) is 12.8 Å². The molecular formula is C6H10F2. The lowest BCUT2D eigenvalue weighted by Crippen LogP contribution is -1.82. The van der Waals surface area contributed by atoms with E-state index < -0.39 is 6.17 Å². The van der Waals surface area contributed by atoms with E-state index in [-0.39, 0.29) is 12.6 Å². The highest BCUT2D eigenvalue weighted by molar-refractivity contribution is 4.85. The minimum Gasteiger partial charge on any atom is -0.251 e. The maximum atomic E-state index is 12.0.